The van der Waals surface area contributed by atoms with E-state index in [1.165, 1.54) is 0 Å². The van der Waals surface area contributed by atoms with E-state index < -0.39 is 0 Å². The third-order valence-electron chi connectivity index (χ3n) is 3.91. The second-order valence-electron chi connectivity index (χ2n) is 6.15. The third-order valence-corrected chi connectivity index (χ3v) is 3.91. The first kappa shape index (κ1) is 16.2. The number of benzene rings is 1. The fourth-order valence-corrected chi connectivity index (χ4v) is 2.67. The van der Waals surface area contributed by atoms with Crippen molar-refractivity contribution in [3.05, 3.63) is 36.4 Å². The van der Waals surface area contributed by atoms with Crippen LogP contribution in [-0.2, 0) is 6.54 Å². The molecule has 2 aromatic rings. The lowest BCUT2D eigenvalue weighted by Crippen LogP contribution is -2.41. The fraction of sp³-hybridized carbons (Fsp3) is 0.412. The van der Waals surface area contributed by atoms with Gasteiger partial charge in [0.05, 0.1) is 30.8 Å². The number of hydrogen-bond donors (Lipinski definition) is 2. The summed E-state index contributed by atoms with van der Waals surface area (Å²) in [5, 5.41) is 2.90. The van der Waals surface area contributed by atoms with Crippen LogP contribution < -0.4 is 19.9 Å². The van der Waals surface area contributed by atoms with E-state index in [9.17, 15) is 4.79 Å². The minimum atomic E-state index is -0.125. The number of anilines is 2. The first-order valence-electron chi connectivity index (χ1n) is 8.08. The summed E-state index contributed by atoms with van der Waals surface area (Å²) in [7, 11) is 1.77. The van der Waals surface area contributed by atoms with Crippen LogP contribution in [0.2, 0.25) is 0 Å². The van der Waals surface area contributed by atoms with Crippen molar-refractivity contribution in [2.24, 2.45) is 0 Å². The molecule has 7 nitrogen and oxygen atoms in total. The second-order valence-corrected chi connectivity index (χ2v) is 6.15. The zero-order valence-corrected chi connectivity index (χ0v) is 14.2. The number of imidazole rings is 1. The molecule has 128 valence electrons. The standard InChI is InChI=1S/C17H23N5O2/c1-12(2)20-17(23)21(3)14-4-5-16-15(8-14)22(6-7-24-16)10-13-9-18-11-19-13/h4-5,8-9,11-12H,6-7,10H2,1-3H3,(H,18,19)(H,20,23). The van der Waals surface area contributed by atoms with Gasteiger partial charge in [-0.15, -0.1) is 0 Å². The highest BCUT2D eigenvalue weighted by Gasteiger charge is 2.21. The molecule has 0 fully saturated rings. The Bertz CT molecular complexity index is 699. The number of rotatable bonds is 4. The summed E-state index contributed by atoms with van der Waals surface area (Å²) in [5.41, 5.74) is 2.77. The Morgan fingerprint density at radius 2 is 2.33 bits per heavy atom. The lowest BCUT2D eigenvalue weighted by Gasteiger charge is -2.32. The predicted molar refractivity (Wildman–Crippen MR) is 93.6 cm³/mol. The molecule has 3 rings (SSSR count). The number of fused-ring (bicyclic) bond motifs is 1. The van der Waals surface area contributed by atoms with Gasteiger partial charge in [-0.3, -0.25) is 4.90 Å². The highest BCUT2D eigenvalue weighted by Crippen LogP contribution is 2.35. The van der Waals surface area contributed by atoms with Gasteiger partial charge in [-0.25, -0.2) is 9.78 Å². The molecule has 0 radical (unpaired) electrons. The Morgan fingerprint density at radius 1 is 1.50 bits per heavy atom. The third kappa shape index (κ3) is 3.45. The van der Waals surface area contributed by atoms with Crippen LogP contribution in [0, 0.1) is 0 Å². The van der Waals surface area contributed by atoms with E-state index in [1.54, 1.807) is 18.3 Å². The molecule has 0 atom stereocenters. The molecule has 0 unspecified atom stereocenters. The molecule has 0 spiro atoms. The number of nitrogens with zero attached hydrogens (tertiary/aromatic N) is 3. The first-order chi connectivity index (χ1) is 11.5. The molecule has 1 aliphatic heterocycles. The van der Waals surface area contributed by atoms with Gasteiger partial charge in [0.15, 0.2) is 0 Å². The number of aromatic amines is 1. The van der Waals surface area contributed by atoms with Gasteiger partial charge >= 0.3 is 6.03 Å². The Hall–Kier alpha value is -2.70. The molecular weight excluding hydrogens is 306 g/mol. The van der Waals surface area contributed by atoms with Crippen LogP contribution in [0.4, 0.5) is 16.2 Å². The van der Waals surface area contributed by atoms with Crippen molar-refractivity contribution in [2.45, 2.75) is 26.4 Å². The Kier molecular flexibility index (Phi) is 4.59. The van der Waals surface area contributed by atoms with Gasteiger partial charge in [0, 0.05) is 25.0 Å². The van der Waals surface area contributed by atoms with Crippen molar-refractivity contribution in [1.29, 1.82) is 0 Å². The van der Waals surface area contributed by atoms with Gasteiger partial charge in [0.1, 0.15) is 12.4 Å². The quantitative estimate of drug-likeness (QED) is 0.903. The molecule has 1 aromatic carbocycles. The molecule has 2 heterocycles. The number of ether oxygens (including phenoxy) is 1. The summed E-state index contributed by atoms with van der Waals surface area (Å²) in [6, 6.07) is 5.77. The van der Waals surface area contributed by atoms with Crippen LogP contribution in [0.15, 0.2) is 30.7 Å². The highest BCUT2D eigenvalue weighted by molar-refractivity contribution is 5.92. The van der Waals surface area contributed by atoms with Crippen molar-refractivity contribution in [1.82, 2.24) is 15.3 Å². The molecule has 0 aliphatic carbocycles. The van der Waals surface area contributed by atoms with E-state index in [0.717, 1.165) is 29.4 Å². The zero-order chi connectivity index (χ0) is 17.1. The van der Waals surface area contributed by atoms with Gasteiger partial charge in [-0.1, -0.05) is 0 Å². The Balaban J connectivity index is 1.83. The van der Waals surface area contributed by atoms with E-state index >= 15 is 0 Å². The van der Waals surface area contributed by atoms with Crippen LogP contribution in [-0.4, -0.2) is 42.2 Å². The minimum absolute atomic E-state index is 0.0945. The average molecular weight is 329 g/mol. The second kappa shape index (κ2) is 6.82. The molecule has 1 aromatic heterocycles. The van der Waals surface area contributed by atoms with Gasteiger partial charge in [-0.2, -0.15) is 0 Å². The van der Waals surface area contributed by atoms with Crippen LogP contribution in [0.1, 0.15) is 19.5 Å². The number of hydrogen-bond acceptors (Lipinski definition) is 4. The topological polar surface area (TPSA) is 73.5 Å². The fourth-order valence-electron chi connectivity index (χ4n) is 2.67. The largest absolute Gasteiger partial charge is 0.490 e. The molecule has 1 aliphatic rings. The predicted octanol–water partition coefficient (Wildman–Crippen LogP) is 2.36. The van der Waals surface area contributed by atoms with Crippen molar-refractivity contribution < 1.29 is 9.53 Å². The van der Waals surface area contributed by atoms with Crippen LogP contribution in [0.25, 0.3) is 0 Å². The van der Waals surface area contributed by atoms with Crippen molar-refractivity contribution in [2.75, 3.05) is 30.0 Å². The Labute approximate surface area is 141 Å². The highest BCUT2D eigenvalue weighted by atomic mass is 16.5. The number of amides is 2. The number of urea groups is 1. The van der Waals surface area contributed by atoms with E-state index in [0.29, 0.717) is 13.2 Å². The average Bonchev–Trinajstić information content (AvgIpc) is 3.06. The molecule has 0 saturated carbocycles. The van der Waals surface area contributed by atoms with Crippen LogP contribution >= 0.6 is 0 Å². The number of nitrogens with one attached hydrogen (secondary N) is 2. The van der Waals surface area contributed by atoms with E-state index in [-0.39, 0.29) is 12.1 Å². The maximum absolute atomic E-state index is 12.2. The molecule has 7 heteroatoms. The molecule has 2 amide bonds. The maximum Gasteiger partial charge on any atom is 0.321 e. The summed E-state index contributed by atoms with van der Waals surface area (Å²) in [6.45, 7) is 6.01. The van der Waals surface area contributed by atoms with Gasteiger partial charge < -0.3 is 19.9 Å². The summed E-state index contributed by atoms with van der Waals surface area (Å²) >= 11 is 0. The SMILES string of the molecule is CC(C)NC(=O)N(C)c1ccc2c(c1)N(Cc1c[nH]cn1)CCO2. The molecule has 0 bridgehead atoms. The number of carbonyl (C=O) groups is 1. The van der Waals surface area contributed by atoms with E-state index in [4.69, 9.17) is 4.74 Å². The summed E-state index contributed by atoms with van der Waals surface area (Å²) < 4.78 is 5.74. The molecule has 2 N–H and O–H groups in total. The van der Waals surface area contributed by atoms with Gasteiger partial charge in [0.25, 0.3) is 0 Å². The normalized spacial score (nSPS) is 13.4. The van der Waals surface area contributed by atoms with Crippen molar-refractivity contribution >= 4 is 17.4 Å². The smallest absolute Gasteiger partial charge is 0.321 e. The van der Waals surface area contributed by atoms with Crippen LogP contribution in [0.3, 0.4) is 0 Å². The lowest BCUT2D eigenvalue weighted by molar-refractivity contribution is 0.245. The number of carbonyl (C=O) groups excluding carboxylic acids is 1. The minimum Gasteiger partial charge on any atom is -0.490 e. The number of aromatic nitrogens is 2. The Morgan fingerprint density at radius 3 is 3.04 bits per heavy atom. The monoisotopic (exact) mass is 329 g/mol. The lowest BCUT2D eigenvalue weighted by atomic mass is 10.2. The molecular formula is C17H23N5O2. The summed E-state index contributed by atoms with van der Waals surface area (Å²) in [5.74, 6) is 0.832. The zero-order valence-electron chi connectivity index (χ0n) is 14.2. The summed E-state index contributed by atoms with van der Waals surface area (Å²) in [4.78, 5) is 23.3. The molecule has 0 saturated heterocycles. The first-order valence-corrected chi connectivity index (χ1v) is 8.08. The van der Waals surface area contributed by atoms with Gasteiger partial charge in [-0.05, 0) is 32.0 Å². The maximum atomic E-state index is 12.2. The van der Waals surface area contributed by atoms with Gasteiger partial charge in [0.2, 0.25) is 0 Å². The number of H-pyrrole nitrogens is 1. The summed E-state index contributed by atoms with van der Waals surface area (Å²) in [6.07, 6.45) is 3.57. The van der Waals surface area contributed by atoms with Crippen molar-refractivity contribution in [3.63, 3.8) is 0 Å². The van der Waals surface area contributed by atoms with E-state index in [1.807, 2.05) is 38.2 Å². The van der Waals surface area contributed by atoms with Crippen molar-refractivity contribution in [3.8, 4) is 5.75 Å². The van der Waals surface area contributed by atoms with Crippen LogP contribution in [0.5, 0.6) is 5.75 Å². The van der Waals surface area contributed by atoms with E-state index in [2.05, 4.69) is 20.2 Å². The molecule has 24 heavy (non-hydrogen) atoms.